The minimum Gasteiger partial charge on any atom is -0.314 e. The Morgan fingerprint density at radius 2 is 1.89 bits per heavy atom. The molecule has 2 aliphatic rings. The molecule has 0 aromatic rings. The van der Waals surface area contributed by atoms with E-state index >= 15 is 0 Å². The van der Waals surface area contributed by atoms with Crippen molar-refractivity contribution in [1.82, 2.24) is 5.32 Å². The second kappa shape index (κ2) is 7.47. The van der Waals surface area contributed by atoms with E-state index in [4.69, 9.17) is 0 Å². The average Bonchev–Trinajstić information content (AvgIpc) is 3.19. The predicted molar refractivity (Wildman–Crippen MR) is 84.3 cm³/mol. The van der Waals surface area contributed by atoms with E-state index in [1.807, 2.05) is 0 Å². The Labute approximate surface area is 120 Å². The van der Waals surface area contributed by atoms with Crippen LogP contribution in [0.3, 0.4) is 0 Å². The van der Waals surface area contributed by atoms with E-state index in [-0.39, 0.29) is 0 Å². The fraction of sp³-hybridized carbons (Fsp3) is 0.889. The highest BCUT2D eigenvalue weighted by Crippen LogP contribution is 2.39. The van der Waals surface area contributed by atoms with Gasteiger partial charge in [-0.3, -0.25) is 0 Å². The Hall–Kier alpha value is -0.300. The number of rotatable bonds is 8. The van der Waals surface area contributed by atoms with Crippen molar-refractivity contribution < 1.29 is 0 Å². The lowest BCUT2D eigenvalue weighted by atomic mass is 9.71. The van der Waals surface area contributed by atoms with Gasteiger partial charge in [0, 0.05) is 6.04 Å². The van der Waals surface area contributed by atoms with E-state index in [9.17, 15) is 0 Å². The molecule has 2 aliphatic carbocycles. The summed E-state index contributed by atoms with van der Waals surface area (Å²) in [4.78, 5) is 0. The molecule has 2 saturated carbocycles. The van der Waals surface area contributed by atoms with Crippen molar-refractivity contribution in [2.24, 2.45) is 17.8 Å². The van der Waals surface area contributed by atoms with E-state index in [1.165, 1.54) is 69.9 Å². The molecule has 0 spiro atoms. The van der Waals surface area contributed by atoms with Gasteiger partial charge in [-0.2, -0.15) is 0 Å². The van der Waals surface area contributed by atoms with E-state index in [1.54, 1.807) is 0 Å². The Balaban J connectivity index is 1.81. The topological polar surface area (TPSA) is 12.0 Å². The lowest BCUT2D eigenvalue weighted by Gasteiger charge is -2.37. The summed E-state index contributed by atoms with van der Waals surface area (Å²) in [5.74, 6) is 2.90. The standard InChI is InChI=1S/C18H33N/c1-4-5-15-7-9-17(13-19-18-10-11-18)16(12-15)8-6-14(2)3/h15-19H,2,4-13H2,1,3H3. The van der Waals surface area contributed by atoms with Gasteiger partial charge in [-0.25, -0.2) is 0 Å². The van der Waals surface area contributed by atoms with E-state index in [0.29, 0.717) is 0 Å². The minimum absolute atomic E-state index is 0.871. The first kappa shape index (κ1) is 15.1. The highest BCUT2D eigenvalue weighted by molar-refractivity contribution is 4.91. The second-order valence-electron chi connectivity index (χ2n) is 7.17. The zero-order valence-electron chi connectivity index (χ0n) is 13.1. The molecule has 0 aromatic heterocycles. The number of hydrogen-bond acceptors (Lipinski definition) is 1. The van der Waals surface area contributed by atoms with E-state index in [0.717, 1.165) is 23.8 Å². The van der Waals surface area contributed by atoms with Gasteiger partial charge in [0.05, 0.1) is 0 Å². The third kappa shape index (κ3) is 5.30. The molecule has 0 heterocycles. The molecular formula is C18H33N. The predicted octanol–water partition coefficient (Wildman–Crippen LogP) is 4.93. The highest BCUT2D eigenvalue weighted by Gasteiger charge is 2.31. The molecule has 3 unspecified atom stereocenters. The van der Waals surface area contributed by atoms with Crippen LogP contribution in [0.25, 0.3) is 0 Å². The van der Waals surface area contributed by atoms with Crippen molar-refractivity contribution in [1.29, 1.82) is 0 Å². The molecule has 2 rings (SSSR count). The quantitative estimate of drug-likeness (QED) is 0.612. The smallest absolute Gasteiger partial charge is 0.00683 e. The largest absolute Gasteiger partial charge is 0.314 e. The monoisotopic (exact) mass is 263 g/mol. The maximum atomic E-state index is 4.09. The molecular weight excluding hydrogens is 230 g/mol. The van der Waals surface area contributed by atoms with Crippen molar-refractivity contribution in [3.8, 4) is 0 Å². The number of hydrogen-bond donors (Lipinski definition) is 1. The highest BCUT2D eigenvalue weighted by atomic mass is 14.9. The Morgan fingerprint density at radius 3 is 2.53 bits per heavy atom. The minimum atomic E-state index is 0.871. The zero-order valence-corrected chi connectivity index (χ0v) is 13.1. The van der Waals surface area contributed by atoms with Crippen LogP contribution in [0.1, 0.15) is 71.6 Å². The summed E-state index contributed by atoms with van der Waals surface area (Å²) in [6.45, 7) is 9.89. The maximum absolute atomic E-state index is 4.09. The first-order chi connectivity index (χ1) is 9.19. The summed E-state index contributed by atoms with van der Waals surface area (Å²) in [5, 5.41) is 3.77. The van der Waals surface area contributed by atoms with Crippen LogP contribution in [-0.4, -0.2) is 12.6 Å². The molecule has 19 heavy (non-hydrogen) atoms. The van der Waals surface area contributed by atoms with Gasteiger partial charge in [0.15, 0.2) is 0 Å². The molecule has 0 aromatic carbocycles. The summed E-state index contributed by atoms with van der Waals surface area (Å²) in [6.07, 6.45) is 12.7. The molecule has 110 valence electrons. The van der Waals surface area contributed by atoms with Crippen LogP contribution in [0, 0.1) is 17.8 Å². The van der Waals surface area contributed by atoms with E-state index < -0.39 is 0 Å². The Kier molecular flexibility index (Phi) is 5.94. The van der Waals surface area contributed by atoms with Crippen molar-refractivity contribution in [3.05, 3.63) is 12.2 Å². The van der Waals surface area contributed by atoms with Gasteiger partial charge in [-0.05, 0) is 69.7 Å². The molecule has 1 N–H and O–H groups in total. The normalized spacial score (nSPS) is 31.4. The first-order valence-electron chi connectivity index (χ1n) is 8.56. The number of nitrogens with one attached hydrogen (secondary N) is 1. The Morgan fingerprint density at radius 1 is 1.11 bits per heavy atom. The van der Waals surface area contributed by atoms with Crippen LogP contribution in [-0.2, 0) is 0 Å². The van der Waals surface area contributed by atoms with Gasteiger partial charge >= 0.3 is 0 Å². The number of allylic oxidation sites excluding steroid dienone is 1. The fourth-order valence-electron chi connectivity index (χ4n) is 3.75. The Bertz CT molecular complexity index is 279. The molecule has 0 radical (unpaired) electrons. The van der Waals surface area contributed by atoms with Gasteiger partial charge in [0.25, 0.3) is 0 Å². The van der Waals surface area contributed by atoms with Crippen molar-refractivity contribution in [2.45, 2.75) is 77.7 Å². The van der Waals surface area contributed by atoms with E-state index in [2.05, 4.69) is 25.7 Å². The van der Waals surface area contributed by atoms with Crippen LogP contribution in [0.5, 0.6) is 0 Å². The fourth-order valence-corrected chi connectivity index (χ4v) is 3.75. The lowest BCUT2D eigenvalue weighted by Crippen LogP contribution is -2.34. The van der Waals surface area contributed by atoms with Gasteiger partial charge in [0.2, 0.25) is 0 Å². The van der Waals surface area contributed by atoms with Crippen molar-refractivity contribution >= 4 is 0 Å². The molecule has 0 amide bonds. The summed E-state index contributed by atoms with van der Waals surface area (Å²) in [6, 6.07) is 0.871. The van der Waals surface area contributed by atoms with Crippen LogP contribution < -0.4 is 5.32 Å². The van der Waals surface area contributed by atoms with Gasteiger partial charge < -0.3 is 5.32 Å². The molecule has 0 aliphatic heterocycles. The van der Waals surface area contributed by atoms with Crippen molar-refractivity contribution in [3.63, 3.8) is 0 Å². The van der Waals surface area contributed by atoms with Crippen LogP contribution in [0.15, 0.2) is 12.2 Å². The average molecular weight is 263 g/mol. The van der Waals surface area contributed by atoms with Crippen LogP contribution in [0.4, 0.5) is 0 Å². The maximum Gasteiger partial charge on any atom is 0.00683 e. The van der Waals surface area contributed by atoms with Gasteiger partial charge in [-0.1, -0.05) is 31.8 Å². The summed E-state index contributed by atoms with van der Waals surface area (Å²) in [7, 11) is 0. The van der Waals surface area contributed by atoms with Crippen molar-refractivity contribution in [2.75, 3.05) is 6.54 Å². The molecule has 2 fully saturated rings. The summed E-state index contributed by atoms with van der Waals surface area (Å²) >= 11 is 0. The SMILES string of the molecule is C=C(C)CCC1CC(CCC)CCC1CNC1CC1. The zero-order chi connectivity index (χ0) is 13.7. The molecule has 3 atom stereocenters. The van der Waals surface area contributed by atoms with Gasteiger partial charge in [-0.15, -0.1) is 6.58 Å². The molecule has 1 nitrogen and oxygen atoms in total. The third-order valence-electron chi connectivity index (χ3n) is 5.13. The molecule has 0 saturated heterocycles. The van der Waals surface area contributed by atoms with Crippen LogP contribution >= 0.6 is 0 Å². The lowest BCUT2D eigenvalue weighted by molar-refractivity contribution is 0.159. The van der Waals surface area contributed by atoms with Gasteiger partial charge in [0.1, 0.15) is 0 Å². The summed E-state index contributed by atoms with van der Waals surface area (Å²) in [5.41, 5.74) is 1.37. The second-order valence-corrected chi connectivity index (χ2v) is 7.17. The summed E-state index contributed by atoms with van der Waals surface area (Å²) < 4.78 is 0. The third-order valence-corrected chi connectivity index (χ3v) is 5.13. The van der Waals surface area contributed by atoms with Crippen LogP contribution in [0.2, 0.25) is 0 Å². The molecule has 0 bridgehead atoms. The molecule has 1 heteroatoms. The first-order valence-corrected chi connectivity index (χ1v) is 8.56.